The molecule has 0 saturated heterocycles. The fourth-order valence-corrected chi connectivity index (χ4v) is 1.71. The number of halogens is 2. The maximum Gasteiger partial charge on any atom is 0.356 e. The molecule has 0 bridgehead atoms. The van der Waals surface area contributed by atoms with Crippen molar-refractivity contribution in [2.24, 2.45) is 0 Å². The minimum atomic E-state index is -3.85. The fourth-order valence-electron chi connectivity index (χ4n) is 0.819. The lowest BCUT2D eigenvalue weighted by Crippen LogP contribution is -2.00. The standard InChI is InChI=1S/C7H4Cl2O4S/c8-13-7(10)5-2-1-3-6(4-5)14(9,11)12/h1-4H. The molecule has 1 aromatic rings. The molecule has 0 N–H and O–H groups in total. The van der Waals surface area contributed by atoms with Crippen LogP contribution in [0.2, 0.25) is 0 Å². The van der Waals surface area contributed by atoms with E-state index in [1.807, 2.05) is 0 Å². The van der Waals surface area contributed by atoms with Crippen molar-refractivity contribution in [2.75, 3.05) is 0 Å². The Morgan fingerprint density at radius 2 is 2.00 bits per heavy atom. The van der Waals surface area contributed by atoms with E-state index in [9.17, 15) is 13.2 Å². The molecule has 0 spiro atoms. The van der Waals surface area contributed by atoms with E-state index >= 15 is 0 Å². The van der Waals surface area contributed by atoms with Crippen LogP contribution in [0, 0.1) is 0 Å². The van der Waals surface area contributed by atoms with Gasteiger partial charge in [-0.2, -0.15) is 0 Å². The van der Waals surface area contributed by atoms with Crippen LogP contribution in [-0.2, 0) is 13.3 Å². The Balaban J connectivity index is 3.21. The Morgan fingerprint density at radius 1 is 1.36 bits per heavy atom. The van der Waals surface area contributed by atoms with Crippen LogP contribution in [0.5, 0.6) is 0 Å². The van der Waals surface area contributed by atoms with Crippen LogP contribution in [0.4, 0.5) is 0 Å². The molecule has 0 radical (unpaired) electrons. The Kier molecular flexibility index (Phi) is 3.36. The summed E-state index contributed by atoms with van der Waals surface area (Å²) in [4.78, 5) is 10.7. The van der Waals surface area contributed by atoms with Crippen molar-refractivity contribution in [3.8, 4) is 0 Å². The van der Waals surface area contributed by atoms with Gasteiger partial charge in [-0.25, -0.2) is 13.2 Å². The molecule has 7 heteroatoms. The maximum atomic E-state index is 10.9. The van der Waals surface area contributed by atoms with Gasteiger partial charge in [-0.3, -0.25) is 0 Å². The zero-order valence-electron chi connectivity index (χ0n) is 6.61. The first-order valence-corrected chi connectivity index (χ1v) is 5.94. The summed E-state index contributed by atoms with van der Waals surface area (Å²) in [5, 5.41) is 0. The van der Waals surface area contributed by atoms with Crippen LogP contribution >= 0.6 is 22.5 Å². The highest BCUT2D eigenvalue weighted by Gasteiger charge is 2.13. The van der Waals surface area contributed by atoms with E-state index in [-0.39, 0.29) is 10.5 Å². The van der Waals surface area contributed by atoms with Crippen molar-refractivity contribution >= 4 is 37.6 Å². The molecule has 0 fully saturated rings. The molecule has 0 unspecified atom stereocenters. The van der Waals surface area contributed by atoms with Gasteiger partial charge in [-0.15, -0.1) is 0 Å². The summed E-state index contributed by atoms with van der Waals surface area (Å²) in [5.41, 5.74) is 0.0155. The molecule has 0 aliphatic heterocycles. The summed E-state index contributed by atoms with van der Waals surface area (Å²) in [6.07, 6.45) is 0. The Bertz CT molecular complexity index is 455. The molecule has 76 valence electrons. The summed E-state index contributed by atoms with van der Waals surface area (Å²) in [6, 6.07) is 5.05. The number of carbonyl (C=O) groups is 1. The van der Waals surface area contributed by atoms with Crippen molar-refractivity contribution < 1.29 is 17.5 Å². The molecule has 14 heavy (non-hydrogen) atoms. The van der Waals surface area contributed by atoms with Crippen molar-refractivity contribution in [1.82, 2.24) is 0 Å². The average Bonchev–Trinajstić information content (AvgIpc) is 2.15. The summed E-state index contributed by atoms with van der Waals surface area (Å²) in [5.74, 6) is -0.839. The Labute approximate surface area is 90.0 Å². The quantitative estimate of drug-likeness (QED) is 0.757. The second-order valence-corrected chi connectivity index (χ2v) is 5.05. The zero-order chi connectivity index (χ0) is 10.8. The minimum absolute atomic E-state index is 0.0155. The molecule has 0 atom stereocenters. The second kappa shape index (κ2) is 4.16. The highest BCUT2D eigenvalue weighted by molar-refractivity contribution is 8.13. The largest absolute Gasteiger partial charge is 0.356 e. The molecule has 4 nitrogen and oxygen atoms in total. The predicted octanol–water partition coefficient (Wildman–Crippen LogP) is 1.92. The topological polar surface area (TPSA) is 60.4 Å². The third-order valence-corrected chi connectivity index (χ3v) is 2.91. The van der Waals surface area contributed by atoms with Crippen molar-refractivity contribution in [1.29, 1.82) is 0 Å². The van der Waals surface area contributed by atoms with Crippen LogP contribution in [0.15, 0.2) is 29.2 Å². The maximum absolute atomic E-state index is 10.9. The number of rotatable bonds is 2. The van der Waals surface area contributed by atoms with Gasteiger partial charge in [-0.1, -0.05) is 6.07 Å². The van der Waals surface area contributed by atoms with Crippen LogP contribution in [-0.4, -0.2) is 14.4 Å². The van der Waals surface area contributed by atoms with Gasteiger partial charge in [0, 0.05) is 10.7 Å². The van der Waals surface area contributed by atoms with Gasteiger partial charge in [0.25, 0.3) is 9.05 Å². The summed E-state index contributed by atoms with van der Waals surface area (Å²) >= 11 is 4.82. The monoisotopic (exact) mass is 254 g/mol. The van der Waals surface area contributed by atoms with Crippen LogP contribution in [0.1, 0.15) is 10.4 Å². The highest BCUT2D eigenvalue weighted by atomic mass is 35.7. The van der Waals surface area contributed by atoms with Crippen LogP contribution in [0.25, 0.3) is 0 Å². The number of hydrogen-bond acceptors (Lipinski definition) is 4. The molecule has 0 aliphatic rings. The summed E-state index contributed by atoms with van der Waals surface area (Å²) in [6.45, 7) is 0. The lowest BCUT2D eigenvalue weighted by molar-refractivity contribution is 0.0751. The van der Waals surface area contributed by atoms with E-state index in [1.54, 1.807) is 0 Å². The van der Waals surface area contributed by atoms with E-state index in [0.717, 1.165) is 6.07 Å². The van der Waals surface area contributed by atoms with Crippen LogP contribution < -0.4 is 0 Å². The van der Waals surface area contributed by atoms with Gasteiger partial charge in [0.1, 0.15) is 11.9 Å². The molecule has 1 aromatic carbocycles. The SMILES string of the molecule is O=C(OCl)c1cccc(S(=O)(=O)Cl)c1. The summed E-state index contributed by atoms with van der Waals surface area (Å²) < 4.78 is 25.7. The smallest absolute Gasteiger partial charge is 0.343 e. The molecule has 0 amide bonds. The molecule has 0 heterocycles. The normalized spacial score (nSPS) is 11.0. The van der Waals surface area contributed by atoms with E-state index in [4.69, 9.17) is 22.5 Å². The molecule has 0 saturated carbocycles. The van der Waals surface area contributed by atoms with E-state index in [1.165, 1.54) is 18.2 Å². The van der Waals surface area contributed by atoms with E-state index in [0.29, 0.717) is 0 Å². The third-order valence-electron chi connectivity index (χ3n) is 1.42. The van der Waals surface area contributed by atoms with Gasteiger partial charge in [0.2, 0.25) is 0 Å². The third kappa shape index (κ3) is 2.60. The lowest BCUT2D eigenvalue weighted by atomic mass is 10.2. The average molecular weight is 255 g/mol. The lowest BCUT2D eigenvalue weighted by Gasteiger charge is -1.98. The van der Waals surface area contributed by atoms with Gasteiger partial charge < -0.3 is 4.29 Å². The molecular weight excluding hydrogens is 251 g/mol. The predicted molar refractivity (Wildman–Crippen MR) is 50.7 cm³/mol. The van der Waals surface area contributed by atoms with Gasteiger partial charge in [-0.05, 0) is 18.2 Å². The first-order chi connectivity index (χ1) is 6.45. The number of carbonyl (C=O) groups excluding carboxylic acids is 1. The fraction of sp³-hybridized carbons (Fsp3) is 0. The second-order valence-electron chi connectivity index (χ2n) is 2.33. The molecule has 1 rings (SSSR count). The minimum Gasteiger partial charge on any atom is -0.343 e. The Hall–Kier alpha value is -0.780. The molecule has 0 aliphatic carbocycles. The molecular formula is C7H4Cl2O4S. The highest BCUT2D eigenvalue weighted by Crippen LogP contribution is 2.16. The van der Waals surface area contributed by atoms with E-state index in [2.05, 4.69) is 4.29 Å². The number of benzene rings is 1. The summed E-state index contributed by atoms with van der Waals surface area (Å²) in [7, 11) is 1.22. The van der Waals surface area contributed by atoms with Gasteiger partial charge >= 0.3 is 5.97 Å². The number of hydrogen-bond donors (Lipinski definition) is 0. The molecule has 0 aromatic heterocycles. The van der Waals surface area contributed by atoms with Crippen molar-refractivity contribution in [2.45, 2.75) is 4.90 Å². The van der Waals surface area contributed by atoms with E-state index < -0.39 is 15.0 Å². The van der Waals surface area contributed by atoms with Gasteiger partial charge in [0.15, 0.2) is 0 Å². The van der Waals surface area contributed by atoms with Crippen LogP contribution in [0.3, 0.4) is 0 Å². The Morgan fingerprint density at radius 3 is 2.50 bits per heavy atom. The first kappa shape index (κ1) is 11.3. The van der Waals surface area contributed by atoms with Crippen molar-refractivity contribution in [3.05, 3.63) is 29.8 Å². The first-order valence-electron chi connectivity index (χ1n) is 3.33. The zero-order valence-corrected chi connectivity index (χ0v) is 8.93. The van der Waals surface area contributed by atoms with Crippen molar-refractivity contribution in [3.63, 3.8) is 0 Å². The van der Waals surface area contributed by atoms with Gasteiger partial charge in [0.05, 0.1) is 10.5 Å².